The van der Waals surface area contributed by atoms with Gasteiger partial charge in [0.2, 0.25) is 5.90 Å². The minimum atomic E-state index is -1.87. The van der Waals surface area contributed by atoms with E-state index in [0.717, 1.165) is 5.57 Å². The summed E-state index contributed by atoms with van der Waals surface area (Å²) in [6.07, 6.45) is -7.21. The second-order valence-corrected chi connectivity index (χ2v) is 19.3. The number of carbonyl (C=O) groups excluding carboxylic acids is 4. The number of aromatic nitrogens is 1. The molecule has 1 saturated carbocycles. The van der Waals surface area contributed by atoms with E-state index in [0.29, 0.717) is 25.0 Å². The first-order chi connectivity index (χ1) is 30.5. The molecule has 1 aromatic rings. The number of hydrogen-bond donors (Lipinski definition) is 6. The lowest BCUT2D eigenvalue weighted by Gasteiger charge is -2.48. The van der Waals surface area contributed by atoms with E-state index in [2.05, 4.69) is 16.9 Å². The summed E-state index contributed by atoms with van der Waals surface area (Å²) in [6, 6.07) is -2.27. The molecule has 4 heterocycles. The smallest absolute Gasteiger partial charge is 0.405 e. The van der Waals surface area contributed by atoms with Crippen LogP contribution in [0.3, 0.4) is 0 Å². The zero-order chi connectivity index (χ0) is 48.0. The standard InChI is InChI=1S/C45H64Cl2N4O14/c1-17(2)36-35(54)33(51-43(64-36)40-38(59-10)39(62-24(9)52)37(21(6)61-40)65-44(48)57)34(53)27-15-26-18(3)12-14-28(25(26)13-11-19(27)4)63-29-16-45(58,41(55)22(7)60-29)23(8)50-42(56)32-31(47)30(46)20(5)49-32/h11,13,17,19,21-23,25-29,33,35-41,49,54-55,58H,3,12,14-16H2,1-2,4-10H3,(H2,48,57)(H,50,56). The van der Waals surface area contributed by atoms with E-state index in [1.54, 1.807) is 27.7 Å². The average Bonchev–Trinajstić information content (AvgIpc) is 3.37. The summed E-state index contributed by atoms with van der Waals surface area (Å²) >= 11 is 12.5. The molecule has 3 fully saturated rings. The van der Waals surface area contributed by atoms with Crippen LogP contribution in [0.4, 0.5) is 4.79 Å². The molecule has 3 aliphatic heterocycles. The Labute approximate surface area is 388 Å². The van der Waals surface area contributed by atoms with Crippen LogP contribution < -0.4 is 11.1 Å². The number of hydrogen-bond acceptors (Lipinski definition) is 15. The molecule has 5 aliphatic rings. The number of fused-ring (bicyclic) bond motifs is 1. The summed E-state index contributed by atoms with van der Waals surface area (Å²) in [4.78, 5) is 59.9. The molecule has 18 nitrogen and oxygen atoms in total. The van der Waals surface area contributed by atoms with E-state index >= 15 is 0 Å². The number of primary amides is 1. The maximum Gasteiger partial charge on any atom is 0.405 e. The summed E-state index contributed by atoms with van der Waals surface area (Å²) in [5.74, 6) is -3.39. The van der Waals surface area contributed by atoms with Gasteiger partial charge in [-0.15, -0.1) is 0 Å². The van der Waals surface area contributed by atoms with Crippen LogP contribution in [0.15, 0.2) is 29.3 Å². The number of aliphatic hydroxyl groups excluding tert-OH is 2. The van der Waals surface area contributed by atoms with E-state index in [9.17, 15) is 34.5 Å². The van der Waals surface area contributed by atoms with E-state index in [1.807, 2.05) is 32.9 Å². The number of aliphatic hydroxyl groups is 3. The van der Waals surface area contributed by atoms with Crippen LogP contribution in [0.2, 0.25) is 10.0 Å². The summed E-state index contributed by atoms with van der Waals surface area (Å²) in [6.45, 7) is 17.7. The number of nitrogens with zero attached hydrogens (tertiary/aromatic N) is 1. The fraction of sp³-hybridized carbons (Fsp3) is 0.711. The summed E-state index contributed by atoms with van der Waals surface area (Å²) < 4.78 is 42.0. The first-order valence-electron chi connectivity index (χ1n) is 22.2. The lowest BCUT2D eigenvalue weighted by atomic mass is 9.70. The summed E-state index contributed by atoms with van der Waals surface area (Å²) in [7, 11) is 1.35. The third kappa shape index (κ3) is 10.3. The number of aryl methyl sites for hydroxylation is 1. The van der Waals surface area contributed by atoms with Crippen molar-refractivity contribution in [1.82, 2.24) is 10.3 Å². The molecule has 7 N–H and O–H groups in total. The highest BCUT2D eigenvalue weighted by Crippen LogP contribution is 2.46. The molecule has 1 aromatic heterocycles. The molecule has 362 valence electrons. The Balaban J connectivity index is 1.22. The van der Waals surface area contributed by atoms with Crippen molar-refractivity contribution in [2.75, 3.05) is 7.11 Å². The Hall–Kier alpha value is -3.59. The second kappa shape index (κ2) is 20.3. The number of H-pyrrole nitrogens is 1. The number of ketones is 1. The molecule has 2 aliphatic carbocycles. The van der Waals surface area contributed by atoms with Crippen molar-refractivity contribution >= 4 is 52.9 Å². The van der Waals surface area contributed by atoms with Gasteiger partial charge in [0.05, 0.1) is 34.4 Å². The first kappa shape index (κ1) is 50.8. The molecule has 0 aromatic carbocycles. The number of aromatic amines is 1. The topological polar surface area (TPSA) is 260 Å². The fourth-order valence-corrected chi connectivity index (χ4v) is 10.5. The van der Waals surface area contributed by atoms with Gasteiger partial charge in [0.1, 0.15) is 41.8 Å². The van der Waals surface area contributed by atoms with Crippen LogP contribution in [0, 0.1) is 36.5 Å². The van der Waals surface area contributed by atoms with Crippen LogP contribution in [0.1, 0.15) is 90.3 Å². The van der Waals surface area contributed by atoms with Gasteiger partial charge in [0.25, 0.3) is 5.91 Å². The average molecular weight is 956 g/mol. The number of carbonyl (C=O) groups is 4. The highest BCUT2D eigenvalue weighted by Gasteiger charge is 2.55. The number of nitrogens with two attached hydrogens (primary N) is 1. The number of methoxy groups -OCH3 is 1. The molecule has 0 radical (unpaired) electrons. The normalized spacial score (nSPS) is 39.0. The van der Waals surface area contributed by atoms with E-state index < -0.39 is 109 Å². The molecule has 20 heteroatoms. The Morgan fingerprint density at radius 2 is 1.72 bits per heavy atom. The third-order valence-electron chi connectivity index (χ3n) is 13.8. The van der Waals surface area contributed by atoms with Gasteiger partial charge in [-0.25, -0.2) is 9.79 Å². The SMILES string of the molecule is C=C1CCC(OC2CC(O)(C(C)NC(=O)c3[nH]c(C)c(Cl)c3Cl)C(O)C(C)O2)C2C=CC(C)C(C(=O)C3N=C(C4OC(C)C(OC(N)=O)C(OC(C)=O)C4OC)OC(C(C)C)C3O)CC12. The van der Waals surface area contributed by atoms with Gasteiger partial charge in [0.15, 0.2) is 30.4 Å². The molecule has 18 unspecified atom stereocenters. The molecule has 2 amide bonds. The molecule has 6 rings (SSSR count). The van der Waals surface area contributed by atoms with Crippen molar-refractivity contribution < 1.29 is 67.7 Å². The minimum absolute atomic E-state index is 0.0268. The molecule has 2 saturated heterocycles. The van der Waals surface area contributed by atoms with Crippen LogP contribution in [0.25, 0.3) is 0 Å². The quantitative estimate of drug-likeness (QED) is 0.127. The van der Waals surface area contributed by atoms with Gasteiger partial charge in [-0.3, -0.25) is 14.4 Å². The van der Waals surface area contributed by atoms with Gasteiger partial charge in [0, 0.05) is 38.0 Å². The molecular formula is C45H64Cl2N4O14. The number of nitrogens with one attached hydrogen (secondary N) is 2. The third-order valence-corrected chi connectivity index (χ3v) is 14.8. The van der Waals surface area contributed by atoms with Crippen LogP contribution >= 0.6 is 23.2 Å². The number of ether oxygens (including phenoxy) is 7. The van der Waals surface area contributed by atoms with Crippen molar-refractivity contribution in [1.29, 1.82) is 0 Å². The summed E-state index contributed by atoms with van der Waals surface area (Å²) in [5.41, 5.74) is 4.93. The van der Waals surface area contributed by atoms with Gasteiger partial charge in [-0.1, -0.05) is 68.3 Å². The number of rotatable bonds is 12. The largest absolute Gasteiger partial charge is 0.473 e. The highest BCUT2D eigenvalue weighted by atomic mass is 35.5. The van der Waals surface area contributed by atoms with E-state index in [1.165, 1.54) is 14.0 Å². The Morgan fingerprint density at radius 3 is 2.32 bits per heavy atom. The van der Waals surface area contributed by atoms with Crippen molar-refractivity contribution in [2.24, 2.45) is 40.3 Å². The second-order valence-electron chi connectivity index (χ2n) is 18.6. The maximum atomic E-state index is 15.0. The van der Waals surface area contributed by atoms with Crippen molar-refractivity contribution in [3.05, 3.63) is 45.7 Å². The predicted octanol–water partition coefficient (Wildman–Crippen LogP) is 4.10. The number of amides is 2. The minimum Gasteiger partial charge on any atom is -0.473 e. The zero-order valence-electron chi connectivity index (χ0n) is 38.2. The molecule has 0 bridgehead atoms. The number of halogens is 2. The number of Topliss-reactive ketones (excluding diaryl/α,β-unsaturated/α-hetero) is 1. The lowest BCUT2D eigenvalue weighted by Crippen LogP contribution is -2.66. The fourth-order valence-electron chi connectivity index (χ4n) is 10.1. The predicted molar refractivity (Wildman–Crippen MR) is 236 cm³/mol. The van der Waals surface area contributed by atoms with Crippen LogP contribution in [-0.4, -0.2) is 142 Å². The maximum absolute atomic E-state index is 15.0. The van der Waals surface area contributed by atoms with Gasteiger partial charge in [-0.2, -0.15) is 0 Å². The van der Waals surface area contributed by atoms with Gasteiger partial charge in [-0.05, 0) is 64.7 Å². The number of aliphatic imine (C=N–C) groups is 1. The van der Waals surface area contributed by atoms with Crippen LogP contribution in [-0.2, 0) is 42.7 Å². The molecule has 0 spiro atoms. The van der Waals surface area contributed by atoms with Crippen LogP contribution in [0.5, 0.6) is 0 Å². The number of allylic oxidation sites excluding steroid dienone is 2. The van der Waals surface area contributed by atoms with Gasteiger partial charge < -0.3 is 64.5 Å². The first-order valence-corrected chi connectivity index (χ1v) is 22.9. The Bertz CT molecular complexity index is 2030. The van der Waals surface area contributed by atoms with Crippen molar-refractivity contribution in [3.63, 3.8) is 0 Å². The zero-order valence-corrected chi connectivity index (χ0v) is 39.7. The van der Waals surface area contributed by atoms with Crippen molar-refractivity contribution in [3.8, 4) is 0 Å². The molecule has 18 atom stereocenters. The highest BCUT2D eigenvalue weighted by molar-refractivity contribution is 6.44. The molecule has 65 heavy (non-hydrogen) atoms. The van der Waals surface area contributed by atoms with E-state index in [-0.39, 0.29) is 57.5 Å². The monoisotopic (exact) mass is 954 g/mol. The Kier molecular flexibility index (Phi) is 15.9. The summed E-state index contributed by atoms with van der Waals surface area (Å²) in [5, 5.41) is 38.1. The lowest BCUT2D eigenvalue weighted by molar-refractivity contribution is -0.296. The Morgan fingerprint density at radius 1 is 1.03 bits per heavy atom. The van der Waals surface area contributed by atoms with E-state index in [4.69, 9.17) is 67.1 Å². The number of esters is 1. The van der Waals surface area contributed by atoms with Crippen molar-refractivity contribution in [2.45, 2.75) is 166 Å². The van der Waals surface area contributed by atoms with Gasteiger partial charge >= 0.3 is 12.1 Å². The molecular weight excluding hydrogens is 891 g/mol.